The summed E-state index contributed by atoms with van der Waals surface area (Å²) >= 11 is 0. The predicted molar refractivity (Wildman–Crippen MR) is 86.6 cm³/mol. The lowest BCUT2D eigenvalue weighted by atomic mass is 9.95. The second-order valence-corrected chi connectivity index (χ2v) is 5.87. The molecule has 1 fully saturated rings. The standard InChI is InChI=1S/C18H21N3O/c1-3-4-15-10-19-12(2)21-18(15)14-7-5-13(6-8-14)16-9-17(22)20-11-16/h5-8,10,16H,3-4,9,11H2,1-2H3,(H,20,22). The number of carbonyl (C=O) groups is 1. The molecule has 1 unspecified atom stereocenters. The van der Waals surface area contributed by atoms with Crippen LogP contribution >= 0.6 is 0 Å². The van der Waals surface area contributed by atoms with Crippen LogP contribution in [0.5, 0.6) is 0 Å². The van der Waals surface area contributed by atoms with Gasteiger partial charge in [-0.15, -0.1) is 0 Å². The number of hydrogen-bond acceptors (Lipinski definition) is 3. The van der Waals surface area contributed by atoms with E-state index in [1.165, 1.54) is 11.1 Å². The average molecular weight is 295 g/mol. The van der Waals surface area contributed by atoms with Gasteiger partial charge < -0.3 is 5.32 Å². The molecule has 1 aromatic carbocycles. The van der Waals surface area contributed by atoms with Crippen LogP contribution in [0.3, 0.4) is 0 Å². The van der Waals surface area contributed by atoms with E-state index in [1.54, 1.807) is 0 Å². The summed E-state index contributed by atoms with van der Waals surface area (Å²) < 4.78 is 0. The highest BCUT2D eigenvalue weighted by Crippen LogP contribution is 2.27. The Balaban J connectivity index is 1.89. The lowest BCUT2D eigenvalue weighted by molar-refractivity contribution is -0.119. The van der Waals surface area contributed by atoms with E-state index in [4.69, 9.17) is 0 Å². The van der Waals surface area contributed by atoms with Gasteiger partial charge >= 0.3 is 0 Å². The van der Waals surface area contributed by atoms with Crippen molar-refractivity contribution < 1.29 is 4.79 Å². The van der Waals surface area contributed by atoms with Crippen molar-refractivity contribution in [2.45, 2.75) is 39.0 Å². The summed E-state index contributed by atoms with van der Waals surface area (Å²) in [7, 11) is 0. The maximum atomic E-state index is 11.3. The summed E-state index contributed by atoms with van der Waals surface area (Å²) in [4.78, 5) is 20.3. The number of nitrogens with zero attached hydrogens (tertiary/aromatic N) is 2. The molecular formula is C18H21N3O. The Kier molecular flexibility index (Phi) is 4.18. The summed E-state index contributed by atoms with van der Waals surface area (Å²) in [5.41, 5.74) is 4.56. The first-order chi connectivity index (χ1) is 10.7. The van der Waals surface area contributed by atoms with E-state index in [1.807, 2.05) is 13.1 Å². The zero-order valence-corrected chi connectivity index (χ0v) is 13.1. The van der Waals surface area contributed by atoms with Crippen LogP contribution in [0.15, 0.2) is 30.5 Å². The Morgan fingerprint density at radius 3 is 2.68 bits per heavy atom. The molecule has 0 radical (unpaired) electrons. The van der Waals surface area contributed by atoms with Gasteiger partial charge in [-0.1, -0.05) is 37.6 Å². The molecule has 3 rings (SSSR count). The van der Waals surface area contributed by atoms with E-state index in [0.29, 0.717) is 12.3 Å². The SMILES string of the molecule is CCCc1cnc(C)nc1-c1ccc(C2CNC(=O)C2)cc1. The highest BCUT2D eigenvalue weighted by molar-refractivity contribution is 5.79. The maximum Gasteiger partial charge on any atom is 0.220 e. The minimum atomic E-state index is 0.144. The Labute approximate surface area is 131 Å². The zero-order chi connectivity index (χ0) is 15.5. The van der Waals surface area contributed by atoms with Crippen LogP contribution in [0.25, 0.3) is 11.3 Å². The first-order valence-corrected chi connectivity index (χ1v) is 7.87. The van der Waals surface area contributed by atoms with Gasteiger partial charge in [0.1, 0.15) is 5.82 Å². The van der Waals surface area contributed by atoms with Crippen LogP contribution in [0, 0.1) is 6.92 Å². The summed E-state index contributed by atoms with van der Waals surface area (Å²) in [5, 5.41) is 2.89. The molecule has 2 aromatic rings. The fourth-order valence-electron chi connectivity index (χ4n) is 2.95. The number of nitrogens with one attached hydrogen (secondary N) is 1. The first-order valence-electron chi connectivity index (χ1n) is 7.87. The van der Waals surface area contributed by atoms with E-state index < -0.39 is 0 Å². The van der Waals surface area contributed by atoms with Crippen LogP contribution < -0.4 is 5.32 Å². The molecule has 2 heterocycles. The quantitative estimate of drug-likeness (QED) is 0.943. The van der Waals surface area contributed by atoms with E-state index in [0.717, 1.165) is 36.5 Å². The third kappa shape index (κ3) is 3.01. The predicted octanol–water partition coefficient (Wildman–Crippen LogP) is 3.01. The third-order valence-corrected chi connectivity index (χ3v) is 4.14. The van der Waals surface area contributed by atoms with Gasteiger partial charge in [0.15, 0.2) is 0 Å². The molecular weight excluding hydrogens is 274 g/mol. The van der Waals surface area contributed by atoms with Crippen molar-refractivity contribution in [1.82, 2.24) is 15.3 Å². The zero-order valence-electron chi connectivity index (χ0n) is 13.1. The van der Waals surface area contributed by atoms with Crippen molar-refractivity contribution in [3.05, 3.63) is 47.4 Å². The van der Waals surface area contributed by atoms with Gasteiger partial charge in [0.2, 0.25) is 5.91 Å². The molecule has 0 bridgehead atoms. The van der Waals surface area contributed by atoms with E-state index in [2.05, 4.69) is 46.5 Å². The number of hydrogen-bond donors (Lipinski definition) is 1. The van der Waals surface area contributed by atoms with Crippen LogP contribution in [0.1, 0.15) is 42.6 Å². The normalized spacial score (nSPS) is 17.5. The van der Waals surface area contributed by atoms with Crippen LogP contribution in [0.4, 0.5) is 0 Å². The number of carbonyl (C=O) groups excluding carboxylic acids is 1. The van der Waals surface area contributed by atoms with Gasteiger partial charge in [-0.05, 0) is 24.5 Å². The average Bonchev–Trinajstić information content (AvgIpc) is 2.96. The van der Waals surface area contributed by atoms with Gasteiger partial charge in [0.05, 0.1) is 5.69 Å². The number of rotatable bonds is 4. The number of benzene rings is 1. The van der Waals surface area contributed by atoms with Gasteiger partial charge in [-0.2, -0.15) is 0 Å². The molecule has 4 nitrogen and oxygen atoms in total. The molecule has 1 aliphatic heterocycles. The Morgan fingerprint density at radius 1 is 1.27 bits per heavy atom. The molecule has 1 aromatic heterocycles. The second kappa shape index (κ2) is 6.26. The van der Waals surface area contributed by atoms with Gasteiger partial charge in [0.25, 0.3) is 0 Å². The molecule has 114 valence electrons. The minimum absolute atomic E-state index is 0.144. The smallest absolute Gasteiger partial charge is 0.220 e. The van der Waals surface area contributed by atoms with Crippen LogP contribution in [-0.2, 0) is 11.2 Å². The van der Waals surface area contributed by atoms with Gasteiger partial charge in [-0.25, -0.2) is 9.97 Å². The molecule has 1 amide bonds. The van der Waals surface area contributed by atoms with Gasteiger partial charge in [-0.3, -0.25) is 4.79 Å². The van der Waals surface area contributed by atoms with Crippen molar-refractivity contribution in [2.24, 2.45) is 0 Å². The molecule has 22 heavy (non-hydrogen) atoms. The molecule has 0 saturated carbocycles. The third-order valence-electron chi connectivity index (χ3n) is 4.14. The van der Waals surface area contributed by atoms with Crippen molar-refractivity contribution >= 4 is 5.91 Å². The minimum Gasteiger partial charge on any atom is -0.355 e. The molecule has 0 aliphatic carbocycles. The van der Waals surface area contributed by atoms with Crippen molar-refractivity contribution in [1.29, 1.82) is 0 Å². The Hall–Kier alpha value is -2.23. The summed E-state index contributed by atoms with van der Waals surface area (Å²) in [6, 6.07) is 8.46. The van der Waals surface area contributed by atoms with Crippen molar-refractivity contribution in [3.63, 3.8) is 0 Å². The van der Waals surface area contributed by atoms with E-state index in [9.17, 15) is 4.79 Å². The fourth-order valence-corrected chi connectivity index (χ4v) is 2.95. The molecule has 1 aliphatic rings. The maximum absolute atomic E-state index is 11.3. The Bertz CT molecular complexity index is 679. The molecule has 4 heteroatoms. The lowest BCUT2D eigenvalue weighted by Gasteiger charge is -2.11. The summed E-state index contributed by atoms with van der Waals surface area (Å²) in [5.74, 6) is 1.24. The van der Waals surface area contributed by atoms with Crippen molar-refractivity contribution in [3.8, 4) is 11.3 Å². The van der Waals surface area contributed by atoms with E-state index in [-0.39, 0.29) is 5.91 Å². The van der Waals surface area contributed by atoms with E-state index >= 15 is 0 Å². The number of aromatic nitrogens is 2. The molecule has 1 N–H and O–H groups in total. The van der Waals surface area contributed by atoms with Crippen LogP contribution in [-0.4, -0.2) is 22.4 Å². The topological polar surface area (TPSA) is 54.9 Å². The molecule has 1 atom stereocenters. The Morgan fingerprint density at radius 2 is 2.05 bits per heavy atom. The number of amides is 1. The van der Waals surface area contributed by atoms with Crippen LogP contribution in [0.2, 0.25) is 0 Å². The largest absolute Gasteiger partial charge is 0.355 e. The second-order valence-electron chi connectivity index (χ2n) is 5.87. The highest BCUT2D eigenvalue weighted by atomic mass is 16.1. The summed E-state index contributed by atoms with van der Waals surface area (Å²) in [6.07, 6.45) is 4.59. The van der Waals surface area contributed by atoms with Gasteiger partial charge in [0, 0.05) is 30.6 Å². The number of aryl methyl sites for hydroxylation is 2. The molecule has 1 saturated heterocycles. The monoisotopic (exact) mass is 295 g/mol. The molecule has 0 spiro atoms. The fraction of sp³-hybridized carbons (Fsp3) is 0.389. The van der Waals surface area contributed by atoms with Crippen molar-refractivity contribution in [2.75, 3.05) is 6.54 Å². The summed E-state index contributed by atoms with van der Waals surface area (Å²) in [6.45, 7) is 4.83. The highest BCUT2D eigenvalue weighted by Gasteiger charge is 2.22. The lowest BCUT2D eigenvalue weighted by Crippen LogP contribution is -2.13. The first kappa shape index (κ1) is 14.7.